The number of likely N-dealkylation sites (tertiary alicyclic amines) is 1. The van der Waals surface area contributed by atoms with Gasteiger partial charge < -0.3 is 14.6 Å². The number of para-hydroxylation sites is 1. The van der Waals surface area contributed by atoms with E-state index in [1.807, 2.05) is 19.2 Å². The van der Waals surface area contributed by atoms with E-state index in [-0.39, 0.29) is 6.04 Å². The lowest BCUT2D eigenvalue weighted by Gasteiger charge is -2.34. The minimum atomic E-state index is 0.271. The molecule has 1 fully saturated rings. The van der Waals surface area contributed by atoms with Crippen LogP contribution in [0, 0.1) is 5.92 Å². The Labute approximate surface area is 127 Å². The number of fused-ring (bicyclic) bond motifs is 1. The number of rotatable bonds is 5. The molecule has 0 amide bonds. The van der Waals surface area contributed by atoms with Gasteiger partial charge in [-0.05, 0) is 44.5 Å². The monoisotopic (exact) mass is 286 g/mol. The zero-order valence-electron chi connectivity index (χ0n) is 13.1. The Morgan fingerprint density at radius 3 is 3.00 bits per heavy atom. The van der Waals surface area contributed by atoms with Crippen LogP contribution in [0.15, 0.2) is 34.7 Å². The lowest BCUT2D eigenvalue weighted by atomic mass is 9.95. The maximum absolute atomic E-state index is 6.03. The van der Waals surface area contributed by atoms with Crippen molar-refractivity contribution in [3.05, 3.63) is 36.1 Å². The molecule has 2 heterocycles. The number of likely N-dealkylation sites (N-methyl/N-ethyl adjacent to an activating group) is 1. The summed E-state index contributed by atoms with van der Waals surface area (Å²) in [6.07, 6.45) is 4.02. The Kier molecular flexibility index (Phi) is 4.61. The van der Waals surface area contributed by atoms with Crippen LogP contribution < -0.4 is 5.32 Å². The van der Waals surface area contributed by atoms with E-state index < -0.39 is 0 Å². The number of benzene rings is 1. The van der Waals surface area contributed by atoms with Gasteiger partial charge in [0.1, 0.15) is 11.3 Å². The molecule has 1 aliphatic rings. The SMILES string of the molecule is CCC1CCCN(CC(NC)c2cc3ccccc3o2)C1. The summed E-state index contributed by atoms with van der Waals surface area (Å²) in [4.78, 5) is 2.59. The number of nitrogens with one attached hydrogen (secondary N) is 1. The molecule has 0 bridgehead atoms. The fraction of sp³-hybridized carbons (Fsp3) is 0.556. The van der Waals surface area contributed by atoms with Crippen molar-refractivity contribution in [2.75, 3.05) is 26.7 Å². The van der Waals surface area contributed by atoms with E-state index in [0.717, 1.165) is 23.8 Å². The highest BCUT2D eigenvalue weighted by Crippen LogP contribution is 2.26. The van der Waals surface area contributed by atoms with Crippen LogP contribution >= 0.6 is 0 Å². The van der Waals surface area contributed by atoms with Crippen LogP contribution in [0.25, 0.3) is 11.0 Å². The van der Waals surface area contributed by atoms with E-state index in [9.17, 15) is 0 Å². The number of hydrogen-bond acceptors (Lipinski definition) is 3. The average molecular weight is 286 g/mol. The van der Waals surface area contributed by atoms with E-state index >= 15 is 0 Å². The van der Waals surface area contributed by atoms with Gasteiger partial charge in [-0.15, -0.1) is 0 Å². The number of piperidine rings is 1. The van der Waals surface area contributed by atoms with E-state index in [4.69, 9.17) is 4.42 Å². The molecule has 0 radical (unpaired) electrons. The van der Waals surface area contributed by atoms with E-state index in [1.165, 1.54) is 37.7 Å². The van der Waals surface area contributed by atoms with Crippen LogP contribution in [0.1, 0.15) is 38.0 Å². The first-order valence-corrected chi connectivity index (χ1v) is 8.18. The van der Waals surface area contributed by atoms with Crippen LogP contribution in [0.2, 0.25) is 0 Å². The van der Waals surface area contributed by atoms with Crippen LogP contribution in [0.4, 0.5) is 0 Å². The summed E-state index contributed by atoms with van der Waals surface area (Å²) in [5.41, 5.74) is 0.984. The second-order valence-electron chi connectivity index (χ2n) is 6.20. The quantitative estimate of drug-likeness (QED) is 0.906. The Morgan fingerprint density at radius 1 is 1.38 bits per heavy atom. The summed E-state index contributed by atoms with van der Waals surface area (Å²) in [5, 5.41) is 4.62. The molecule has 1 N–H and O–H groups in total. The summed E-state index contributed by atoms with van der Waals surface area (Å²) in [6.45, 7) is 5.79. The van der Waals surface area contributed by atoms with Gasteiger partial charge in [-0.25, -0.2) is 0 Å². The molecule has 2 atom stereocenters. The molecule has 0 aliphatic carbocycles. The third kappa shape index (κ3) is 3.30. The molecule has 114 valence electrons. The molecule has 1 saturated heterocycles. The molecule has 2 unspecified atom stereocenters. The van der Waals surface area contributed by atoms with Crippen LogP contribution in [0.5, 0.6) is 0 Å². The van der Waals surface area contributed by atoms with E-state index in [0.29, 0.717) is 0 Å². The Hall–Kier alpha value is -1.32. The topological polar surface area (TPSA) is 28.4 Å². The highest BCUT2D eigenvalue weighted by atomic mass is 16.3. The predicted octanol–water partition coefficient (Wildman–Crippen LogP) is 3.82. The third-order valence-corrected chi connectivity index (χ3v) is 4.76. The van der Waals surface area contributed by atoms with Crippen LogP contribution in [-0.2, 0) is 0 Å². The highest BCUT2D eigenvalue weighted by Gasteiger charge is 2.23. The maximum Gasteiger partial charge on any atom is 0.134 e. The fourth-order valence-electron chi connectivity index (χ4n) is 3.41. The molecule has 1 aliphatic heterocycles. The number of nitrogens with zero attached hydrogens (tertiary/aromatic N) is 1. The van der Waals surface area contributed by atoms with Crippen molar-refractivity contribution in [3.63, 3.8) is 0 Å². The molecule has 1 aromatic heterocycles. The maximum atomic E-state index is 6.03. The van der Waals surface area contributed by atoms with Gasteiger partial charge in [0.15, 0.2) is 0 Å². The minimum Gasteiger partial charge on any atom is -0.459 e. The van der Waals surface area contributed by atoms with Crippen molar-refractivity contribution in [1.29, 1.82) is 0 Å². The first-order valence-electron chi connectivity index (χ1n) is 8.18. The molecule has 1 aromatic carbocycles. The van der Waals surface area contributed by atoms with E-state index in [1.54, 1.807) is 0 Å². The lowest BCUT2D eigenvalue weighted by Crippen LogP contribution is -2.40. The molecular formula is C18H26N2O. The molecule has 21 heavy (non-hydrogen) atoms. The second kappa shape index (κ2) is 6.63. The van der Waals surface area contributed by atoms with Gasteiger partial charge in [0.25, 0.3) is 0 Å². The van der Waals surface area contributed by atoms with Gasteiger partial charge in [0.05, 0.1) is 6.04 Å². The van der Waals surface area contributed by atoms with E-state index in [2.05, 4.69) is 35.3 Å². The van der Waals surface area contributed by atoms with Crippen molar-refractivity contribution < 1.29 is 4.42 Å². The average Bonchev–Trinajstić information content (AvgIpc) is 2.96. The molecule has 3 rings (SSSR count). The molecule has 3 nitrogen and oxygen atoms in total. The van der Waals surface area contributed by atoms with Crippen LogP contribution in [-0.4, -0.2) is 31.6 Å². The first-order chi connectivity index (χ1) is 10.3. The summed E-state index contributed by atoms with van der Waals surface area (Å²) < 4.78 is 6.03. The fourth-order valence-corrected chi connectivity index (χ4v) is 3.41. The smallest absolute Gasteiger partial charge is 0.134 e. The summed E-state index contributed by atoms with van der Waals surface area (Å²) in [7, 11) is 2.03. The summed E-state index contributed by atoms with van der Waals surface area (Å²) >= 11 is 0. The van der Waals surface area contributed by atoms with Gasteiger partial charge in [0, 0.05) is 18.5 Å². The van der Waals surface area contributed by atoms with Gasteiger partial charge in [0.2, 0.25) is 0 Å². The molecular weight excluding hydrogens is 260 g/mol. The lowest BCUT2D eigenvalue weighted by molar-refractivity contribution is 0.153. The molecule has 0 saturated carbocycles. The third-order valence-electron chi connectivity index (χ3n) is 4.76. The first kappa shape index (κ1) is 14.6. The van der Waals surface area contributed by atoms with Gasteiger partial charge >= 0.3 is 0 Å². The minimum absolute atomic E-state index is 0.271. The molecule has 3 heteroatoms. The van der Waals surface area contributed by atoms with Crippen molar-refractivity contribution in [1.82, 2.24) is 10.2 Å². The second-order valence-corrected chi connectivity index (χ2v) is 6.20. The number of furan rings is 1. The normalized spacial score (nSPS) is 21.7. The molecule has 0 spiro atoms. The standard InChI is InChI=1S/C18H26N2O/c1-3-14-7-6-10-20(12-14)13-16(19-2)18-11-15-8-4-5-9-17(15)21-18/h4-5,8-9,11,14,16,19H,3,6-7,10,12-13H2,1-2H3. The van der Waals surface area contributed by atoms with Gasteiger partial charge in [-0.3, -0.25) is 0 Å². The zero-order valence-corrected chi connectivity index (χ0v) is 13.1. The van der Waals surface area contributed by atoms with Gasteiger partial charge in [-0.1, -0.05) is 31.5 Å². The Bertz CT molecular complexity index is 544. The Morgan fingerprint density at radius 2 is 2.24 bits per heavy atom. The van der Waals surface area contributed by atoms with Crippen molar-refractivity contribution in [2.45, 2.75) is 32.2 Å². The highest BCUT2D eigenvalue weighted by molar-refractivity contribution is 5.77. The van der Waals surface area contributed by atoms with Crippen molar-refractivity contribution in [2.24, 2.45) is 5.92 Å². The number of hydrogen-bond donors (Lipinski definition) is 1. The Balaban J connectivity index is 1.72. The summed E-state index contributed by atoms with van der Waals surface area (Å²) in [5.74, 6) is 1.92. The van der Waals surface area contributed by atoms with Crippen molar-refractivity contribution in [3.8, 4) is 0 Å². The molecule has 2 aromatic rings. The largest absolute Gasteiger partial charge is 0.459 e. The zero-order chi connectivity index (χ0) is 14.7. The van der Waals surface area contributed by atoms with Gasteiger partial charge in [-0.2, -0.15) is 0 Å². The summed E-state index contributed by atoms with van der Waals surface area (Å²) in [6, 6.07) is 10.7. The van der Waals surface area contributed by atoms with Crippen LogP contribution in [0.3, 0.4) is 0 Å². The van der Waals surface area contributed by atoms with Crippen molar-refractivity contribution >= 4 is 11.0 Å². The predicted molar refractivity (Wildman–Crippen MR) is 87.5 cm³/mol.